The maximum atomic E-state index is 14.0. The first-order valence-electron chi connectivity index (χ1n) is 17.7. The number of aliphatic hydroxyl groups excluding tert-OH is 1. The zero-order valence-electron chi connectivity index (χ0n) is 29.1. The van der Waals surface area contributed by atoms with Crippen molar-refractivity contribution in [3.8, 4) is 11.1 Å². The van der Waals surface area contributed by atoms with Crippen LogP contribution in [0, 0.1) is 23.7 Å². The van der Waals surface area contributed by atoms with E-state index in [-0.39, 0.29) is 47.1 Å². The SMILES string of the molecule is CC(=O)c1nn2c3c(cc(-c4cnc(C)nc4)cc13)CCCCCCC(=O)NC[C@@]13C4[C@@H](C(=O)Nc5ccn(CC(F)(F)F)n5)N(C(O)C2)[C@@H]1[C@]43C. The highest BCUT2D eigenvalue weighted by Crippen LogP contribution is 2.96. The number of anilines is 1. The van der Waals surface area contributed by atoms with Crippen LogP contribution in [0.15, 0.2) is 36.8 Å². The number of aromatic nitrogens is 6. The van der Waals surface area contributed by atoms with E-state index in [0.29, 0.717) is 35.3 Å². The first kappa shape index (κ1) is 34.4. The van der Waals surface area contributed by atoms with Gasteiger partial charge in [-0.25, -0.2) is 9.97 Å². The molecule has 3 N–H and O–H groups in total. The van der Waals surface area contributed by atoms with E-state index in [1.807, 2.05) is 19.1 Å². The molecule has 9 rings (SSSR count). The average Bonchev–Trinajstić information content (AvgIpc) is 3.46. The van der Waals surface area contributed by atoms with Crippen LogP contribution in [0.3, 0.4) is 0 Å². The molecule has 4 bridgehead atoms. The summed E-state index contributed by atoms with van der Waals surface area (Å²) < 4.78 is 41.3. The highest BCUT2D eigenvalue weighted by molar-refractivity contribution is 6.06. The maximum Gasteiger partial charge on any atom is 0.408 e. The summed E-state index contributed by atoms with van der Waals surface area (Å²) in [5.74, 6) is -0.415. The second kappa shape index (κ2) is 12.2. The monoisotopic (exact) mass is 719 g/mol. The Morgan fingerprint density at radius 3 is 2.52 bits per heavy atom. The Hall–Kier alpha value is -4.70. The molecule has 3 aromatic heterocycles. The lowest BCUT2D eigenvalue weighted by Crippen LogP contribution is -2.47. The van der Waals surface area contributed by atoms with E-state index in [0.717, 1.165) is 54.1 Å². The van der Waals surface area contributed by atoms with Crippen molar-refractivity contribution in [1.29, 1.82) is 0 Å². The van der Waals surface area contributed by atoms with Gasteiger partial charge in [0.1, 0.15) is 24.3 Å². The number of nitrogens with zero attached hydrogens (tertiary/aromatic N) is 7. The molecule has 13 nitrogen and oxygen atoms in total. The van der Waals surface area contributed by atoms with E-state index in [9.17, 15) is 32.7 Å². The van der Waals surface area contributed by atoms with E-state index in [2.05, 4.69) is 25.7 Å². The van der Waals surface area contributed by atoms with Gasteiger partial charge in [-0.2, -0.15) is 23.4 Å². The molecule has 3 aliphatic heterocycles. The van der Waals surface area contributed by atoms with Gasteiger partial charge >= 0.3 is 6.18 Å². The van der Waals surface area contributed by atoms with Crippen molar-refractivity contribution in [2.45, 2.75) is 96.9 Å². The summed E-state index contributed by atoms with van der Waals surface area (Å²) in [6.07, 6.45) is 3.26. The Labute approximate surface area is 297 Å². The van der Waals surface area contributed by atoms with Gasteiger partial charge in [-0.15, -0.1) is 0 Å². The molecular weight excluding hydrogens is 679 g/mol. The van der Waals surface area contributed by atoms with E-state index >= 15 is 0 Å². The van der Waals surface area contributed by atoms with Crippen LogP contribution in [0.4, 0.5) is 19.0 Å². The zero-order chi connectivity index (χ0) is 36.7. The summed E-state index contributed by atoms with van der Waals surface area (Å²) in [5.41, 5.74) is 2.74. The van der Waals surface area contributed by atoms with Gasteiger partial charge in [0.25, 0.3) is 0 Å². The third kappa shape index (κ3) is 5.49. The van der Waals surface area contributed by atoms with Gasteiger partial charge in [-0.1, -0.05) is 19.8 Å². The molecule has 4 fully saturated rings. The molecule has 16 heteroatoms. The number of ketones is 1. The first-order valence-corrected chi connectivity index (χ1v) is 17.7. The second-order valence-electron chi connectivity index (χ2n) is 14.9. The van der Waals surface area contributed by atoms with E-state index in [1.54, 1.807) is 28.9 Å². The summed E-state index contributed by atoms with van der Waals surface area (Å²) in [5, 5.41) is 27.1. The highest BCUT2D eigenvalue weighted by atomic mass is 19.4. The third-order valence-corrected chi connectivity index (χ3v) is 11.8. The van der Waals surface area contributed by atoms with Crippen LogP contribution in [-0.2, 0) is 29.1 Å². The lowest BCUT2D eigenvalue weighted by molar-refractivity contribution is -0.142. The molecule has 2 aliphatic carbocycles. The molecule has 3 unspecified atom stereocenters. The number of nitrogens with one attached hydrogen (secondary N) is 2. The zero-order valence-corrected chi connectivity index (χ0v) is 29.1. The smallest absolute Gasteiger partial charge is 0.376 e. The van der Waals surface area contributed by atoms with Crippen LogP contribution in [0.5, 0.6) is 0 Å². The van der Waals surface area contributed by atoms with Crippen molar-refractivity contribution < 1.29 is 32.7 Å². The number of aliphatic hydroxyl groups is 1. The summed E-state index contributed by atoms with van der Waals surface area (Å²) in [6.45, 7) is 4.29. The number of carbonyl (C=O) groups excluding carboxylic acids is 3. The Morgan fingerprint density at radius 1 is 1.08 bits per heavy atom. The highest BCUT2D eigenvalue weighted by Gasteiger charge is 3.03. The van der Waals surface area contributed by atoms with Gasteiger partial charge in [0.15, 0.2) is 11.6 Å². The van der Waals surface area contributed by atoms with Crippen LogP contribution < -0.4 is 10.6 Å². The number of alkyl halides is 3. The molecule has 4 aromatic rings. The van der Waals surface area contributed by atoms with Gasteiger partial charge in [-0.05, 0) is 54.9 Å². The Kier molecular flexibility index (Phi) is 8.06. The number of Topliss-reactive ketones (excluding diaryl/α,β-unsaturated/α-hetero) is 1. The number of hydrogen-bond donors (Lipinski definition) is 3. The van der Waals surface area contributed by atoms with Crippen molar-refractivity contribution in [3.63, 3.8) is 0 Å². The van der Waals surface area contributed by atoms with E-state index in [1.165, 1.54) is 13.0 Å². The average molecular weight is 720 g/mol. The molecule has 7 atom stereocenters. The van der Waals surface area contributed by atoms with Crippen molar-refractivity contribution in [1.82, 2.24) is 39.7 Å². The predicted molar refractivity (Wildman–Crippen MR) is 182 cm³/mol. The summed E-state index contributed by atoms with van der Waals surface area (Å²) in [7, 11) is 0. The summed E-state index contributed by atoms with van der Waals surface area (Å²) in [6, 6.07) is 4.16. The Morgan fingerprint density at radius 2 is 1.81 bits per heavy atom. The van der Waals surface area contributed by atoms with Crippen molar-refractivity contribution in [3.05, 3.63) is 53.9 Å². The minimum absolute atomic E-state index is 0.0339. The third-order valence-electron chi connectivity index (χ3n) is 11.8. The van der Waals surface area contributed by atoms with Crippen LogP contribution in [0.25, 0.3) is 22.0 Å². The summed E-state index contributed by atoms with van der Waals surface area (Å²) >= 11 is 0. The Balaban J connectivity index is 1.17. The van der Waals surface area contributed by atoms with Crippen LogP contribution in [0.1, 0.15) is 67.8 Å². The van der Waals surface area contributed by atoms with Gasteiger partial charge in [0.2, 0.25) is 11.8 Å². The number of piperidine rings is 1. The normalized spacial score (nSPS) is 30.0. The van der Waals surface area contributed by atoms with Crippen molar-refractivity contribution in [2.75, 3.05) is 11.9 Å². The molecule has 2 saturated carbocycles. The van der Waals surface area contributed by atoms with Gasteiger partial charge in [0, 0.05) is 72.9 Å². The fraction of sp³-hybridized carbons (Fsp3) is 0.528. The molecule has 5 aliphatic rings. The number of hydrogen-bond acceptors (Lipinski definition) is 9. The van der Waals surface area contributed by atoms with Crippen molar-refractivity contribution in [2.24, 2.45) is 16.7 Å². The number of rotatable bonds is 5. The molecule has 52 heavy (non-hydrogen) atoms. The largest absolute Gasteiger partial charge is 0.408 e. The Bertz CT molecular complexity index is 2100. The standard InChI is InChI=1S/C36H40F3N9O4/c1-19(49)28-24-13-22(23-14-40-20(2)41-15-23)12-21-8-6-4-5-7-9-26(50)42-17-35-31-30(32(52)43-25-10-11-46(44-25)18-36(37,38)39)48(33(35)34(31,35)3)27(51)16-47(45-28)29(21)24/h10-15,27,30-31,33,51H,4-9,16-18H2,1-3H3,(H,42,50)(H,43,44,52)/t27?,30-,31?,33+,34-,35+/m0/s1. The van der Waals surface area contributed by atoms with Crippen LogP contribution >= 0.6 is 0 Å². The van der Waals surface area contributed by atoms with Crippen LogP contribution in [0.2, 0.25) is 0 Å². The minimum atomic E-state index is -4.48. The van der Waals surface area contributed by atoms with Gasteiger partial charge in [-0.3, -0.25) is 28.6 Å². The molecule has 1 aromatic carbocycles. The second-order valence-corrected chi connectivity index (χ2v) is 14.9. The molecule has 2 saturated heterocycles. The topological polar surface area (TPSA) is 160 Å². The number of carbonyl (C=O) groups is 3. The van der Waals surface area contributed by atoms with E-state index in [4.69, 9.17) is 5.10 Å². The fourth-order valence-corrected chi connectivity index (χ4v) is 9.44. The minimum Gasteiger partial charge on any atom is -0.376 e. The predicted octanol–water partition coefficient (Wildman–Crippen LogP) is 4.03. The number of aryl methyl sites for hydroxylation is 2. The lowest BCUT2D eigenvalue weighted by atomic mass is 9.96. The molecule has 274 valence electrons. The molecular formula is C36H40F3N9O4. The molecule has 2 amide bonds. The number of halogens is 3. The number of amides is 2. The number of benzene rings is 1. The molecule has 6 heterocycles. The molecule has 0 radical (unpaired) electrons. The van der Waals surface area contributed by atoms with Crippen molar-refractivity contribution >= 4 is 34.3 Å². The maximum absolute atomic E-state index is 14.0. The summed E-state index contributed by atoms with van der Waals surface area (Å²) in [4.78, 5) is 50.4. The van der Waals surface area contributed by atoms with E-state index < -0.39 is 36.3 Å². The van der Waals surface area contributed by atoms with Gasteiger partial charge in [0.05, 0.1) is 18.1 Å². The fourth-order valence-electron chi connectivity index (χ4n) is 9.44. The van der Waals surface area contributed by atoms with Gasteiger partial charge < -0.3 is 15.7 Å². The lowest BCUT2D eigenvalue weighted by Gasteiger charge is -2.28. The first-order chi connectivity index (χ1) is 24.7. The molecule has 1 spiro atoms. The van der Waals surface area contributed by atoms with Crippen LogP contribution in [-0.4, -0.2) is 88.2 Å². The quantitative estimate of drug-likeness (QED) is 0.259.